The van der Waals surface area contributed by atoms with Gasteiger partial charge in [0.25, 0.3) is 0 Å². The molecule has 0 aliphatic carbocycles. The van der Waals surface area contributed by atoms with Crippen LogP contribution in [0.1, 0.15) is 25.0 Å². The van der Waals surface area contributed by atoms with Crippen LogP contribution in [0.3, 0.4) is 0 Å². The summed E-state index contributed by atoms with van der Waals surface area (Å²) in [5.41, 5.74) is 2.47. The van der Waals surface area contributed by atoms with Gasteiger partial charge in [-0.3, -0.25) is 9.10 Å². The zero-order chi connectivity index (χ0) is 21.1. The first kappa shape index (κ1) is 22.0. The van der Waals surface area contributed by atoms with Crippen molar-refractivity contribution < 1.29 is 22.7 Å². The van der Waals surface area contributed by atoms with E-state index in [4.69, 9.17) is 4.74 Å². The van der Waals surface area contributed by atoms with E-state index >= 15 is 0 Å². The number of ether oxygens (including phenoxy) is 1. The third-order valence-corrected chi connectivity index (χ3v) is 6.17. The lowest BCUT2D eigenvalue weighted by Crippen LogP contribution is -2.56. The molecule has 0 radical (unpaired) electrons. The quantitative estimate of drug-likeness (QED) is 0.737. The molecule has 1 aromatic rings. The number of anilines is 1. The van der Waals surface area contributed by atoms with E-state index in [9.17, 15) is 18.0 Å². The molecule has 1 heterocycles. The maximum absolute atomic E-state index is 13.0. The van der Waals surface area contributed by atoms with Crippen molar-refractivity contribution in [3.8, 4) is 0 Å². The molecule has 0 spiro atoms. The molecule has 28 heavy (non-hydrogen) atoms. The van der Waals surface area contributed by atoms with E-state index < -0.39 is 22.2 Å². The van der Waals surface area contributed by atoms with Crippen LogP contribution in [0.5, 0.6) is 0 Å². The molecule has 8 nitrogen and oxygen atoms in total. The minimum atomic E-state index is -3.66. The molecule has 0 saturated carbocycles. The van der Waals surface area contributed by atoms with Crippen LogP contribution in [0.4, 0.5) is 10.5 Å². The molecular formula is C19H29N3O5S. The normalized spacial score (nSPS) is 15.9. The van der Waals surface area contributed by atoms with Crippen molar-refractivity contribution in [3.05, 3.63) is 29.3 Å². The zero-order valence-electron chi connectivity index (χ0n) is 17.1. The van der Waals surface area contributed by atoms with Gasteiger partial charge in [0.1, 0.15) is 6.04 Å². The average Bonchev–Trinajstić information content (AvgIpc) is 2.63. The van der Waals surface area contributed by atoms with Crippen LogP contribution in [0.15, 0.2) is 18.2 Å². The average molecular weight is 412 g/mol. The first-order chi connectivity index (χ1) is 13.1. The predicted molar refractivity (Wildman–Crippen MR) is 108 cm³/mol. The molecule has 0 bridgehead atoms. The fourth-order valence-corrected chi connectivity index (χ4v) is 4.41. The highest BCUT2D eigenvalue weighted by atomic mass is 32.2. The summed E-state index contributed by atoms with van der Waals surface area (Å²) in [6.07, 6.45) is 0.709. The number of hydrogen-bond donors (Lipinski definition) is 0. The Balaban J connectivity index is 2.17. The Morgan fingerprint density at radius 3 is 2.18 bits per heavy atom. The van der Waals surface area contributed by atoms with Crippen molar-refractivity contribution in [3.63, 3.8) is 0 Å². The number of nitrogens with zero attached hydrogens (tertiary/aromatic N) is 3. The monoisotopic (exact) mass is 411 g/mol. The van der Waals surface area contributed by atoms with Crippen molar-refractivity contribution in [2.75, 3.05) is 43.3 Å². The number of carbonyl (C=O) groups excluding carboxylic acids is 2. The SMILES string of the molecule is CCOC(=O)N1CCN(C(=O)[C@H](C)N(c2ccc(C)c(C)c2)S(C)(=O)=O)CC1. The van der Waals surface area contributed by atoms with Crippen molar-refractivity contribution >= 4 is 27.7 Å². The van der Waals surface area contributed by atoms with E-state index in [1.165, 1.54) is 4.31 Å². The van der Waals surface area contributed by atoms with E-state index in [0.717, 1.165) is 17.4 Å². The fourth-order valence-electron chi connectivity index (χ4n) is 3.25. The molecule has 1 aliphatic heterocycles. The molecule has 0 aromatic heterocycles. The zero-order valence-corrected chi connectivity index (χ0v) is 18.0. The number of amides is 2. The van der Waals surface area contributed by atoms with Gasteiger partial charge in [0.2, 0.25) is 15.9 Å². The Hall–Kier alpha value is -2.29. The Morgan fingerprint density at radius 1 is 1.11 bits per heavy atom. The van der Waals surface area contributed by atoms with E-state index in [0.29, 0.717) is 38.5 Å². The molecule has 2 rings (SSSR count). The molecule has 1 atom stereocenters. The highest BCUT2D eigenvalue weighted by Crippen LogP contribution is 2.24. The second-order valence-electron chi connectivity index (χ2n) is 7.01. The topological polar surface area (TPSA) is 87.2 Å². The smallest absolute Gasteiger partial charge is 0.409 e. The molecule has 9 heteroatoms. The van der Waals surface area contributed by atoms with Gasteiger partial charge in [-0.25, -0.2) is 13.2 Å². The molecular weight excluding hydrogens is 382 g/mol. The summed E-state index contributed by atoms with van der Waals surface area (Å²) in [7, 11) is -3.66. The minimum absolute atomic E-state index is 0.285. The van der Waals surface area contributed by atoms with Gasteiger partial charge in [-0.05, 0) is 51.0 Å². The van der Waals surface area contributed by atoms with Crippen molar-refractivity contribution in [2.45, 2.75) is 33.7 Å². The fraction of sp³-hybridized carbons (Fsp3) is 0.579. The Bertz CT molecular complexity index is 832. The molecule has 1 aromatic carbocycles. The number of benzene rings is 1. The molecule has 156 valence electrons. The maximum atomic E-state index is 13.0. The van der Waals surface area contributed by atoms with Gasteiger partial charge in [-0.15, -0.1) is 0 Å². The predicted octanol–water partition coefficient (Wildman–Crippen LogP) is 1.76. The van der Waals surface area contributed by atoms with Crippen LogP contribution in [0.25, 0.3) is 0 Å². The molecule has 1 aliphatic rings. The van der Waals surface area contributed by atoms with Gasteiger partial charge in [0.05, 0.1) is 18.6 Å². The lowest BCUT2D eigenvalue weighted by molar-refractivity contribution is -0.133. The summed E-state index contributed by atoms with van der Waals surface area (Å²) in [6.45, 7) is 8.89. The molecule has 0 N–H and O–H groups in total. The number of piperazine rings is 1. The highest BCUT2D eigenvalue weighted by Gasteiger charge is 2.34. The van der Waals surface area contributed by atoms with Crippen LogP contribution < -0.4 is 4.31 Å². The third kappa shape index (κ3) is 4.95. The number of carbonyl (C=O) groups is 2. The maximum Gasteiger partial charge on any atom is 0.409 e. The van der Waals surface area contributed by atoms with Gasteiger partial charge in [-0.1, -0.05) is 6.07 Å². The van der Waals surface area contributed by atoms with Gasteiger partial charge >= 0.3 is 6.09 Å². The molecule has 0 unspecified atom stereocenters. The van der Waals surface area contributed by atoms with Crippen LogP contribution in [-0.4, -0.2) is 75.3 Å². The van der Waals surface area contributed by atoms with Crippen LogP contribution >= 0.6 is 0 Å². The summed E-state index contributed by atoms with van der Waals surface area (Å²) in [5, 5.41) is 0. The van der Waals surface area contributed by atoms with Crippen molar-refractivity contribution in [1.29, 1.82) is 0 Å². The number of rotatable bonds is 5. The summed E-state index contributed by atoms with van der Waals surface area (Å²) in [5.74, 6) is -0.285. The lowest BCUT2D eigenvalue weighted by atomic mass is 10.1. The van der Waals surface area contributed by atoms with Gasteiger partial charge in [0, 0.05) is 26.2 Å². The molecule has 2 amide bonds. The highest BCUT2D eigenvalue weighted by molar-refractivity contribution is 7.92. The van der Waals surface area contributed by atoms with Crippen LogP contribution in [0, 0.1) is 13.8 Å². The van der Waals surface area contributed by atoms with E-state index in [1.807, 2.05) is 19.9 Å². The standard InChI is InChI=1S/C19H29N3O5S/c1-6-27-19(24)21-11-9-20(10-12-21)18(23)16(4)22(28(5,25)26)17-8-7-14(2)15(3)13-17/h7-8,13,16H,6,9-12H2,1-5H3/t16-/m0/s1. The third-order valence-electron chi connectivity index (χ3n) is 4.93. The minimum Gasteiger partial charge on any atom is -0.450 e. The summed E-state index contributed by atoms with van der Waals surface area (Å²) in [4.78, 5) is 28.0. The Labute approximate surface area is 167 Å². The number of hydrogen-bond acceptors (Lipinski definition) is 5. The summed E-state index contributed by atoms with van der Waals surface area (Å²) < 4.78 is 31.1. The first-order valence-corrected chi connectivity index (χ1v) is 11.2. The Kier molecular flexibility index (Phi) is 6.92. The molecule has 1 saturated heterocycles. The van der Waals surface area contributed by atoms with E-state index in [2.05, 4.69) is 0 Å². The largest absolute Gasteiger partial charge is 0.450 e. The van der Waals surface area contributed by atoms with Gasteiger partial charge in [-0.2, -0.15) is 0 Å². The second kappa shape index (κ2) is 8.81. The van der Waals surface area contributed by atoms with Crippen LogP contribution in [0.2, 0.25) is 0 Å². The van der Waals surface area contributed by atoms with Crippen molar-refractivity contribution in [1.82, 2.24) is 9.80 Å². The summed E-state index contributed by atoms with van der Waals surface area (Å²) in [6, 6.07) is 4.45. The van der Waals surface area contributed by atoms with Gasteiger partial charge < -0.3 is 14.5 Å². The number of aryl methyl sites for hydroxylation is 2. The molecule has 1 fully saturated rings. The Morgan fingerprint density at radius 2 is 1.68 bits per heavy atom. The van der Waals surface area contributed by atoms with Gasteiger partial charge in [0.15, 0.2) is 0 Å². The number of sulfonamides is 1. The van der Waals surface area contributed by atoms with E-state index in [-0.39, 0.29) is 5.91 Å². The lowest BCUT2D eigenvalue weighted by Gasteiger charge is -2.37. The van der Waals surface area contributed by atoms with Crippen LogP contribution in [-0.2, 0) is 19.6 Å². The summed E-state index contributed by atoms with van der Waals surface area (Å²) >= 11 is 0. The van der Waals surface area contributed by atoms with Crippen molar-refractivity contribution in [2.24, 2.45) is 0 Å². The second-order valence-corrected chi connectivity index (χ2v) is 8.87. The van der Waals surface area contributed by atoms with E-state index in [1.54, 1.807) is 35.8 Å². The first-order valence-electron chi connectivity index (χ1n) is 9.33.